The zero-order valence-electron chi connectivity index (χ0n) is 10.9. The molecule has 1 aromatic rings. The molecule has 1 fully saturated rings. The number of aliphatic hydroxyl groups is 1. The van der Waals surface area contributed by atoms with E-state index in [0.29, 0.717) is 11.4 Å². The fourth-order valence-electron chi connectivity index (χ4n) is 2.63. The molecule has 0 spiro atoms. The van der Waals surface area contributed by atoms with Crippen LogP contribution >= 0.6 is 0 Å². The van der Waals surface area contributed by atoms with E-state index in [-0.39, 0.29) is 12.0 Å². The van der Waals surface area contributed by atoms with Crippen LogP contribution in [0.5, 0.6) is 5.75 Å². The average Bonchev–Trinajstić information content (AvgIpc) is 2.87. The molecule has 4 nitrogen and oxygen atoms in total. The second-order valence-electron chi connectivity index (χ2n) is 5.18. The van der Waals surface area contributed by atoms with Crippen molar-refractivity contribution in [2.24, 2.45) is 5.41 Å². The third-order valence-electron chi connectivity index (χ3n) is 3.90. The van der Waals surface area contributed by atoms with E-state index in [1.165, 1.54) is 12.8 Å². The Morgan fingerprint density at radius 1 is 1.39 bits per heavy atom. The normalized spacial score (nSPS) is 17.7. The van der Waals surface area contributed by atoms with Crippen molar-refractivity contribution < 1.29 is 9.84 Å². The van der Waals surface area contributed by atoms with Gasteiger partial charge in [0.05, 0.1) is 19.4 Å². The monoisotopic (exact) mass is 250 g/mol. The Bertz CT molecular complexity index is 401. The van der Waals surface area contributed by atoms with Crippen molar-refractivity contribution in [2.75, 3.05) is 31.3 Å². The first-order valence-electron chi connectivity index (χ1n) is 6.47. The first kappa shape index (κ1) is 13.0. The van der Waals surface area contributed by atoms with Gasteiger partial charge in [-0.15, -0.1) is 0 Å². The zero-order valence-corrected chi connectivity index (χ0v) is 10.9. The number of methoxy groups -OCH3 is 1. The highest BCUT2D eigenvalue weighted by Gasteiger charge is 2.32. The van der Waals surface area contributed by atoms with Crippen molar-refractivity contribution in [3.8, 4) is 5.75 Å². The predicted molar refractivity (Wildman–Crippen MR) is 73.9 cm³/mol. The number of nitrogen functional groups attached to an aromatic ring is 1. The number of nitrogens with two attached hydrogens (primary N) is 1. The molecule has 0 aromatic heterocycles. The van der Waals surface area contributed by atoms with Crippen molar-refractivity contribution in [3.05, 3.63) is 18.2 Å². The Morgan fingerprint density at radius 3 is 2.72 bits per heavy atom. The van der Waals surface area contributed by atoms with Gasteiger partial charge in [0.25, 0.3) is 0 Å². The van der Waals surface area contributed by atoms with Gasteiger partial charge in [0.2, 0.25) is 0 Å². The summed E-state index contributed by atoms with van der Waals surface area (Å²) in [6.45, 7) is 1.06. The van der Waals surface area contributed by atoms with E-state index in [4.69, 9.17) is 10.5 Å². The molecule has 100 valence electrons. The quantitative estimate of drug-likeness (QED) is 0.701. The van der Waals surface area contributed by atoms with Gasteiger partial charge in [0.15, 0.2) is 0 Å². The lowest BCUT2D eigenvalue weighted by Crippen LogP contribution is -2.30. The molecule has 4 N–H and O–H groups in total. The average molecular weight is 250 g/mol. The largest absolute Gasteiger partial charge is 0.495 e. The minimum atomic E-state index is 0.0502. The number of nitrogens with one attached hydrogen (secondary N) is 1. The predicted octanol–water partition coefficient (Wildman–Crippen LogP) is 2.24. The van der Waals surface area contributed by atoms with Crippen LogP contribution in [-0.2, 0) is 0 Å². The Morgan fingerprint density at radius 2 is 2.11 bits per heavy atom. The summed E-state index contributed by atoms with van der Waals surface area (Å²) in [5, 5.41) is 12.9. The molecule has 0 heterocycles. The van der Waals surface area contributed by atoms with Crippen LogP contribution in [0.25, 0.3) is 0 Å². The Hall–Kier alpha value is -1.42. The highest BCUT2D eigenvalue weighted by atomic mass is 16.5. The van der Waals surface area contributed by atoms with Gasteiger partial charge < -0.3 is 20.9 Å². The van der Waals surface area contributed by atoms with E-state index >= 15 is 0 Å². The van der Waals surface area contributed by atoms with Gasteiger partial charge in [-0.2, -0.15) is 0 Å². The van der Waals surface area contributed by atoms with Gasteiger partial charge in [-0.3, -0.25) is 0 Å². The van der Waals surface area contributed by atoms with Crippen LogP contribution < -0.4 is 15.8 Å². The summed E-state index contributed by atoms with van der Waals surface area (Å²) in [6.07, 6.45) is 4.63. The molecule has 1 aliphatic rings. The fourth-order valence-corrected chi connectivity index (χ4v) is 2.63. The van der Waals surface area contributed by atoms with E-state index < -0.39 is 0 Å². The summed E-state index contributed by atoms with van der Waals surface area (Å²) in [7, 11) is 1.61. The van der Waals surface area contributed by atoms with E-state index in [2.05, 4.69) is 5.32 Å². The van der Waals surface area contributed by atoms with Crippen LogP contribution in [0.3, 0.4) is 0 Å². The third-order valence-corrected chi connectivity index (χ3v) is 3.90. The molecule has 1 aliphatic carbocycles. The minimum Gasteiger partial charge on any atom is -0.495 e. The maximum absolute atomic E-state index is 9.55. The van der Waals surface area contributed by atoms with Gasteiger partial charge in [-0.25, -0.2) is 0 Å². The number of ether oxygens (including phenoxy) is 1. The van der Waals surface area contributed by atoms with Crippen molar-refractivity contribution in [2.45, 2.75) is 25.7 Å². The lowest BCUT2D eigenvalue weighted by Gasteiger charge is -2.27. The Labute approximate surface area is 108 Å². The molecule has 0 radical (unpaired) electrons. The van der Waals surface area contributed by atoms with E-state index in [1.807, 2.05) is 18.2 Å². The second kappa shape index (κ2) is 5.48. The zero-order chi connectivity index (χ0) is 13.0. The maximum Gasteiger partial charge on any atom is 0.143 e. The lowest BCUT2D eigenvalue weighted by molar-refractivity contribution is 0.142. The first-order valence-corrected chi connectivity index (χ1v) is 6.47. The third kappa shape index (κ3) is 2.70. The van der Waals surface area contributed by atoms with Crippen molar-refractivity contribution in [1.82, 2.24) is 0 Å². The maximum atomic E-state index is 9.55. The standard InChI is InChI=1S/C14H22N2O2/c1-18-13-8-11(4-5-12(13)15)16-9-14(10-17)6-2-3-7-14/h4-5,8,16-17H,2-3,6-7,9-10,15H2,1H3. The molecule has 0 unspecified atom stereocenters. The highest BCUT2D eigenvalue weighted by molar-refractivity contribution is 5.61. The molecular formula is C14H22N2O2. The molecule has 0 amide bonds. The van der Waals surface area contributed by atoms with Crippen molar-refractivity contribution in [1.29, 1.82) is 0 Å². The van der Waals surface area contributed by atoms with E-state index in [1.54, 1.807) is 7.11 Å². The Balaban J connectivity index is 2.01. The summed E-state index contributed by atoms with van der Waals surface area (Å²) >= 11 is 0. The molecule has 18 heavy (non-hydrogen) atoms. The number of anilines is 2. The summed E-state index contributed by atoms with van der Waals surface area (Å²) < 4.78 is 5.19. The molecule has 0 aliphatic heterocycles. The van der Waals surface area contributed by atoms with Gasteiger partial charge in [-0.1, -0.05) is 12.8 Å². The van der Waals surface area contributed by atoms with E-state index in [9.17, 15) is 5.11 Å². The summed E-state index contributed by atoms with van der Waals surface area (Å²) in [6, 6.07) is 5.68. The summed E-state index contributed by atoms with van der Waals surface area (Å²) in [5.74, 6) is 0.685. The minimum absolute atomic E-state index is 0.0502. The topological polar surface area (TPSA) is 67.5 Å². The Kier molecular flexibility index (Phi) is 3.97. The van der Waals surface area contributed by atoms with Crippen molar-refractivity contribution >= 4 is 11.4 Å². The van der Waals surface area contributed by atoms with Crippen LogP contribution in [0.2, 0.25) is 0 Å². The van der Waals surface area contributed by atoms with Gasteiger partial charge in [0.1, 0.15) is 5.75 Å². The number of benzene rings is 1. The molecule has 4 heteroatoms. The molecule has 0 bridgehead atoms. The number of hydrogen-bond donors (Lipinski definition) is 3. The smallest absolute Gasteiger partial charge is 0.143 e. The fraction of sp³-hybridized carbons (Fsp3) is 0.571. The van der Waals surface area contributed by atoms with Crippen LogP contribution in [0.1, 0.15) is 25.7 Å². The number of rotatable bonds is 5. The number of hydrogen-bond acceptors (Lipinski definition) is 4. The van der Waals surface area contributed by atoms with Crippen LogP contribution in [0.4, 0.5) is 11.4 Å². The van der Waals surface area contributed by atoms with Gasteiger partial charge in [-0.05, 0) is 25.0 Å². The second-order valence-corrected chi connectivity index (χ2v) is 5.18. The molecule has 2 rings (SSSR count). The van der Waals surface area contributed by atoms with Crippen molar-refractivity contribution in [3.63, 3.8) is 0 Å². The summed E-state index contributed by atoms with van der Waals surface area (Å²) in [4.78, 5) is 0. The van der Waals surface area contributed by atoms with E-state index in [0.717, 1.165) is 25.1 Å². The molecule has 1 aromatic carbocycles. The van der Waals surface area contributed by atoms with Gasteiger partial charge >= 0.3 is 0 Å². The molecular weight excluding hydrogens is 228 g/mol. The molecule has 0 atom stereocenters. The number of aliphatic hydroxyl groups excluding tert-OH is 1. The van der Waals surface area contributed by atoms with Crippen LogP contribution in [-0.4, -0.2) is 25.4 Å². The highest BCUT2D eigenvalue weighted by Crippen LogP contribution is 2.38. The van der Waals surface area contributed by atoms with Crippen LogP contribution in [0.15, 0.2) is 18.2 Å². The van der Waals surface area contributed by atoms with Crippen LogP contribution in [0, 0.1) is 5.41 Å². The molecule has 1 saturated carbocycles. The van der Waals surface area contributed by atoms with Gasteiger partial charge in [0, 0.05) is 23.7 Å². The summed E-state index contributed by atoms with van der Waals surface area (Å²) in [5.41, 5.74) is 7.45. The SMILES string of the molecule is COc1cc(NCC2(CO)CCCC2)ccc1N. The first-order chi connectivity index (χ1) is 8.69. The lowest BCUT2D eigenvalue weighted by atomic mass is 9.87. The molecule has 0 saturated heterocycles.